The minimum absolute atomic E-state index is 0.446. The highest BCUT2D eigenvalue weighted by Gasteiger charge is 2.20. The summed E-state index contributed by atoms with van der Waals surface area (Å²) >= 11 is 12.9. The third-order valence-corrected chi connectivity index (χ3v) is 4.91. The minimum atomic E-state index is 0.446. The Balaban J connectivity index is 2.12. The van der Waals surface area contributed by atoms with Crippen LogP contribution in [0.15, 0.2) is 48.5 Å². The van der Waals surface area contributed by atoms with E-state index in [1.807, 2.05) is 48.5 Å². The Hall–Kier alpha value is -2.96. The van der Waals surface area contributed by atoms with Gasteiger partial charge in [-0.2, -0.15) is 9.97 Å². The van der Waals surface area contributed by atoms with Crippen LogP contribution >= 0.6 is 23.2 Å². The van der Waals surface area contributed by atoms with E-state index in [4.69, 9.17) is 33.2 Å². The second-order valence-electron chi connectivity index (χ2n) is 5.95. The Bertz CT molecular complexity index is 1180. The van der Waals surface area contributed by atoms with Crippen molar-refractivity contribution in [2.24, 2.45) is 0 Å². The second-order valence-corrected chi connectivity index (χ2v) is 6.76. The highest BCUT2D eigenvalue weighted by Crippen LogP contribution is 2.37. The molecule has 8 heteroatoms. The number of nitrogens with one attached hydrogen (secondary N) is 2. The quantitative estimate of drug-likeness (QED) is 0.484. The number of benzene rings is 2. The van der Waals surface area contributed by atoms with Gasteiger partial charge in [0.05, 0.1) is 15.7 Å². The molecule has 0 fully saturated rings. The van der Waals surface area contributed by atoms with Crippen LogP contribution in [0.2, 0.25) is 10.0 Å². The number of anilines is 2. The van der Waals surface area contributed by atoms with E-state index >= 15 is 0 Å². The molecule has 0 spiro atoms. The average Bonchev–Trinajstić information content (AvgIpc) is 2.72. The van der Waals surface area contributed by atoms with Crippen molar-refractivity contribution in [1.82, 2.24) is 19.9 Å². The monoisotopic (exact) mass is 410 g/mol. The molecule has 2 aromatic heterocycles. The van der Waals surface area contributed by atoms with Crippen molar-refractivity contribution in [1.29, 1.82) is 0 Å². The highest BCUT2D eigenvalue weighted by atomic mass is 35.5. The van der Waals surface area contributed by atoms with Crippen LogP contribution in [0, 0.1) is 0 Å². The third-order valence-electron chi connectivity index (χ3n) is 4.25. The molecule has 0 saturated carbocycles. The molecule has 6 nitrogen and oxygen atoms in total. The van der Waals surface area contributed by atoms with E-state index in [0.29, 0.717) is 44.4 Å². The molecule has 0 aliphatic carbocycles. The molecule has 0 unspecified atom stereocenters. The smallest absolute Gasteiger partial charge is 0.226 e. The van der Waals surface area contributed by atoms with Gasteiger partial charge < -0.3 is 10.6 Å². The molecule has 0 aliphatic heterocycles. The first-order valence-corrected chi connectivity index (χ1v) is 9.33. The van der Waals surface area contributed by atoms with Gasteiger partial charge in [0.25, 0.3) is 0 Å². The van der Waals surface area contributed by atoms with E-state index in [1.165, 1.54) is 0 Å². The van der Waals surface area contributed by atoms with E-state index in [-0.39, 0.29) is 0 Å². The fraction of sp³-hybridized carbons (Fsp3) is 0.100. The van der Waals surface area contributed by atoms with Gasteiger partial charge in [-0.05, 0) is 12.1 Å². The number of nitrogens with zero attached hydrogens (tertiary/aromatic N) is 4. The molecule has 0 bridgehead atoms. The van der Waals surface area contributed by atoms with Crippen molar-refractivity contribution in [3.05, 3.63) is 58.6 Å². The van der Waals surface area contributed by atoms with Crippen molar-refractivity contribution < 1.29 is 0 Å². The molecule has 140 valence electrons. The van der Waals surface area contributed by atoms with Crippen LogP contribution in [0.3, 0.4) is 0 Å². The lowest BCUT2D eigenvalue weighted by molar-refractivity contribution is 1.13. The molecule has 0 atom stereocenters. The molecule has 0 aliphatic rings. The van der Waals surface area contributed by atoms with Crippen molar-refractivity contribution in [3.8, 4) is 22.5 Å². The summed E-state index contributed by atoms with van der Waals surface area (Å²) in [5.74, 6) is 1.02. The summed E-state index contributed by atoms with van der Waals surface area (Å²) in [5, 5.41) is 7.14. The SMILES string of the molecule is CNc1nc(NC)c2nc(-c3ccccc3Cl)c(-c3ccccc3Cl)nc2n1. The van der Waals surface area contributed by atoms with Gasteiger partial charge in [0.15, 0.2) is 17.0 Å². The molecule has 2 N–H and O–H groups in total. The van der Waals surface area contributed by atoms with E-state index in [2.05, 4.69) is 20.6 Å². The summed E-state index contributed by atoms with van der Waals surface area (Å²) in [6.07, 6.45) is 0. The van der Waals surface area contributed by atoms with Crippen LogP contribution in [-0.2, 0) is 0 Å². The van der Waals surface area contributed by atoms with Gasteiger partial charge in [0, 0.05) is 25.2 Å². The van der Waals surface area contributed by atoms with Crippen LogP contribution in [0.1, 0.15) is 0 Å². The average molecular weight is 411 g/mol. The van der Waals surface area contributed by atoms with Crippen LogP contribution < -0.4 is 10.6 Å². The lowest BCUT2D eigenvalue weighted by Gasteiger charge is -2.14. The summed E-state index contributed by atoms with van der Waals surface area (Å²) < 4.78 is 0. The van der Waals surface area contributed by atoms with Crippen molar-refractivity contribution in [3.63, 3.8) is 0 Å². The molecule has 0 saturated heterocycles. The summed E-state index contributed by atoms with van der Waals surface area (Å²) in [5.41, 5.74) is 3.73. The van der Waals surface area contributed by atoms with E-state index in [9.17, 15) is 0 Å². The number of aromatic nitrogens is 4. The third kappa shape index (κ3) is 3.21. The Kier molecular flexibility index (Phi) is 4.98. The lowest BCUT2D eigenvalue weighted by atomic mass is 10.0. The predicted molar refractivity (Wildman–Crippen MR) is 115 cm³/mol. The van der Waals surface area contributed by atoms with E-state index in [1.54, 1.807) is 14.1 Å². The van der Waals surface area contributed by atoms with Gasteiger partial charge in [-0.15, -0.1) is 0 Å². The van der Waals surface area contributed by atoms with Crippen molar-refractivity contribution in [2.75, 3.05) is 24.7 Å². The summed E-state index contributed by atoms with van der Waals surface area (Å²) in [7, 11) is 3.53. The lowest BCUT2D eigenvalue weighted by Crippen LogP contribution is -2.06. The number of hydrogen-bond acceptors (Lipinski definition) is 6. The summed E-state index contributed by atoms with van der Waals surface area (Å²) in [6, 6.07) is 15.0. The molecule has 0 radical (unpaired) electrons. The van der Waals surface area contributed by atoms with E-state index < -0.39 is 0 Å². The fourth-order valence-corrected chi connectivity index (χ4v) is 3.37. The van der Waals surface area contributed by atoms with Crippen LogP contribution in [-0.4, -0.2) is 34.0 Å². The molecule has 2 aromatic carbocycles. The summed E-state index contributed by atoms with van der Waals surface area (Å²) in [4.78, 5) is 18.5. The zero-order valence-corrected chi connectivity index (χ0v) is 16.7. The predicted octanol–water partition coefficient (Wildman–Crippen LogP) is 5.14. The van der Waals surface area contributed by atoms with Gasteiger partial charge in [0.2, 0.25) is 5.95 Å². The Labute approximate surface area is 172 Å². The van der Waals surface area contributed by atoms with Crippen LogP contribution in [0.25, 0.3) is 33.7 Å². The van der Waals surface area contributed by atoms with E-state index in [0.717, 1.165) is 11.1 Å². The van der Waals surface area contributed by atoms with Gasteiger partial charge in [-0.1, -0.05) is 59.6 Å². The Morgan fingerprint density at radius 3 is 1.79 bits per heavy atom. The Morgan fingerprint density at radius 2 is 1.25 bits per heavy atom. The number of halogens is 2. The van der Waals surface area contributed by atoms with Gasteiger partial charge in [-0.3, -0.25) is 0 Å². The first-order valence-electron chi connectivity index (χ1n) is 8.57. The number of hydrogen-bond donors (Lipinski definition) is 2. The first kappa shape index (κ1) is 18.4. The van der Waals surface area contributed by atoms with Crippen LogP contribution in [0.5, 0.6) is 0 Å². The molecule has 4 rings (SSSR count). The van der Waals surface area contributed by atoms with Gasteiger partial charge >= 0.3 is 0 Å². The molecule has 4 aromatic rings. The van der Waals surface area contributed by atoms with Crippen molar-refractivity contribution >= 4 is 46.1 Å². The fourth-order valence-electron chi connectivity index (χ4n) is 2.92. The minimum Gasteiger partial charge on any atom is -0.371 e. The second kappa shape index (κ2) is 7.58. The standard InChI is InChI=1S/C20H16Cl2N6/c1-23-18-17-19(28-20(24-2)27-18)26-16(12-8-4-6-10-14(12)22)15(25-17)11-7-3-5-9-13(11)21/h3-10H,1-2H3,(H2,23,24,26,27,28). The zero-order valence-electron chi connectivity index (χ0n) is 15.2. The molecule has 28 heavy (non-hydrogen) atoms. The maximum atomic E-state index is 6.47. The summed E-state index contributed by atoms with van der Waals surface area (Å²) in [6.45, 7) is 0. The van der Waals surface area contributed by atoms with Gasteiger partial charge in [0.1, 0.15) is 5.69 Å². The number of rotatable bonds is 4. The topological polar surface area (TPSA) is 75.6 Å². The van der Waals surface area contributed by atoms with Crippen molar-refractivity contribution in [2.45, 2.75) is 0 Å². The largest absolute Gasteiger partial charge is 0.371 e. The highest BCUT2D eigenvalue weighted by molar-refractivity contribution is 6.34. The molecular weight excluding hydrogens is 395 g/mol. The first-order chi connectivity index (χ1) is 13.6. The maximum Gasteiger partial charge on any atom is 0.226 e. The molecule has 0 amide bonds. The molecular formula is C20H16Cl2N6. The molecule has 2 heterocycles. The zero-order chi connectivity index (χ0) is 19.7. The van der Waals surface area contributed by atoms with Crippen LogP contribution in [0.4, 0.5) is 11.8 Å². The normalized spacial score (nSPS) is 10.9. The maximum absolute atomic E-state index is 6.47. The Morgan fingerprint density at radius 1 is 0.679 bits per heavy atom. The van der Waals surface area contributed by atoms with Gasteiger partial charge in [-0.25, -0.2) is 9.97 Å². The number of fused-ring (bicyclic) bond motifs is 1.